The molecule has 0 saturated carbocycles. The number of hydrogen-bond donors (Lipinski definition) is 1. The molecule has 1 N–H and O–H groups in total. The maximum absolute atomic E-state index is 13.1. The average Bonchev–Trinajstić information content (AvgIpc) is 3.20. The standard InChI is InChI=1S/C24H20N6O2/c1-3-18-20(16-10-5-4-6-11-16)22-26-25-21-19(30(22)27-18)13-14-29(24(21)32)28-23(31)17-12-8-7-9-15(17)2/h4-14H,3H2,1-2H3,(H,28,31). The fourth-order valence-electron chi connectivity index (χ4n) is 3.82. The summed E-state index contributed by atoms with van der Waals surface area (Å²) in [6.45, 7) is 3.87. The van der Waals surface area contributed by atoms with E-state index in [0.717, 1.165) is 27.1 Å². The largest absolute Gasteiger partial charge is 0.299 e. The summed E-state index contributed by atoms with van der Waals surface area (Å²) in [6, 6.07) is 18.8. The summed E-state index contributed by atoms with van der Waals surface area (Å²) in [5.41, 5.74) is 7.46. The first kappa shape index (κ1) is 19.6. The second-order valence-corrected chi connectivity index (χ2v) is 7.46. The minimum atomic E-state index is -0.478. The van der Waals surface area contributed by atoms with Crippen LogP contribution in [-0.2, 0) is 6.42 Å². The van der Waals surface area contributed by atoms with E-state index in [0.29, 0.717) is 23.1 Å². The highest BCUT2D eigenvalue weighted by molar-refractivity contribution is 6.01. The zero-order chi connectivity index (χ0) is 22.2. The van der Waals surface area contributed by atoms with Gasteiger partial charge in [0.15, 0.2) is 11.2 Å². The van der Waals surface area contributed by atoms with Gasteiger partial charge in [0.05, 0.1) is 11.3 Å². The van der Waals surface area contributed by atoms with E-state index in [4.69, 9.17) is 5.10 Å². The molecule has 0 saturated heterocycles. The van der Waals surface area contributed by atoms with E-state index in [-0.39, 0.29) is 11.4 Å². The molecule has 3 aromatic heterocycles. The maximum atomic E-state index is 13.1. The van der Waals surface area contributed by atoms with Crippen LogP contribution < -0.4 is 11.0 Å². The predicted molar refractivity (Wildman–Crippen MR) is 122 cm³/mol. The first-order valence-corrected chi connectivity index (χ1v) is 10.3. The summed E-state index contributed by atoms with van der Waals surface area (Å²) >= 11 is 0. The van der Waals surface area contributed by atoms with Gasteiger partial charge in [-0.05, 0) is 36.6 Å². The molecule has 0 fully saturated rings. The summed E-state index contributed by atoms with van der Waals surface area (Å²) < 4.78 is 2.78. The summed E-state index contributed by atoms with van der Waals surface area (Å²) in [7, 11) is 0. The Morgan fingerprint density at radius 1 is 1.00 bits per heavy atom. The van der Waals surface area contributed by atoms with Crippen molar-refractivity contribution in [2.45, 2.75) is 20.3 Å². The Morgan fingerprint density at radius 2 is 1.75 bits per heavy atom. The molecule has 0 aliphatic rings. The van der Waals surface area contributed by atoms with Crippen molar-refractivity contribution in [1.29, 1.82) is 0 Å². The normalized spacial score (nSPS) is 11.2. The van der Waals surface area contributed by atoms with E-state index in [1.54, 1.807) is 22.7 Å². The Kier molecular flexibility index (Phi) is 4.74. The number of pyridine rings is 1. The molecule has 0 atom stereocenters. The number of aryl methyl sites for hydroxylation is 2. The number of nitrogens with zero attached hydrogens (tertiary/aromatic N) is 5. The van der Waals surface area contributed by atoms with Gasteiger partial charge in [-0.2, -0.15) is 5.10 Å². The first-order chi connectivity index (χ1) is 15.6. The molecule has 3 heterocycles. The van der Waals surface area contributed by atoms with Gasteiger partial charge in [0.25, 0.3) is 11.5 Å². The molecule has 0 bridgehead atoms. The van der Waals surface area contributed by atoms with Crippen molar-refractivity contribution in [3.8, 4) is 11.1 Å². The van der Waals surface area contributed by atoms with Crippen molar-refractivity contribution in [1.82, 2.24) is 24.5 Å². The van der Waals surface area contributed by atoms with Crippen LogP contribution in [0.25, 0.3) is 27.8 Å². The van der Waals surface area contributed by atoms with Crippen molar-refractivity contribution in [2.24, 2.45) is 0 Å². The van der Waals surface area contributed by atoms with E-state index < -0.39 is 5.56 Å². The smallest absolute Gasteiger partial charge is 0.267 e. The number of benzene rings is 2. The van der Waals surface area contributed by atoms with E-state index >= 15 is 0 Å². The molecular formula is C24H20N6O2. The van der Waals surface area contributed by atoms with Gasteiger partial charge in [0, 0.05) is 11.8 Å². The Bertz CT molecular complexity index is 1540. The average molecular weight is 424 g/mol. The van der Waals surface area contributed by atoms with Crippen LogP contribution in [0.2, 0.25) is 0 Å². The molecule has 0 aliphatic heterocycles. The summed E-state index contributed by atoms with van der Waals surface area (Å²) in [6.07, 6.45) is 2.22. The number of carbonyl (C=O) groups is 1. The van der Waals surface area contributed by atoms with Crippen molar-refractivity contribution in [3.05, 3.63) is 94.0 Å². The van der Waals surface area contributed by atoms with Crippen LogP contribution in [0.4, 0.5) is 0 Å². The Hall–Kier alpha value is -4.33. The third kappa shape index (κ3) is 3.13. The van der Waals surface area contributed by atoms with Crippen molar-refractivity contribution >= 4 is 22.6 Å². The van der Waals surface area contributed by atoms with Crippen molar-refractivity contribution in [2.75, 3.05) is 5.43 Å². The zero-order valence-electron chi connectivity index (χ0n) is 17.6. The lowest BCUT2D eigenvalue weighted by Crippen LogP contribution is -2.33. The molecular weight excluding hydrogens is 404 g/mol. The van der Waals surface area contributed by atoms with Gasteiger partial charge in [-0.1, -0.05) is 55.5 Å². The minimum absolute atomic E-state index is 0.120. The Morgan fingerprint density at radius 3 is 2.50 bits per heavy atom. The Labute approximate surface area is 183 Å². The number of nitrogens with one attached hydrogen (secondary N) is 1. The van der Waals surface area contributed by atoms with E-state index in [2.05, 4.69) is 15.6 Å². The van der Waals surface area contributed by atoms with E-state index in [1.807, 2.05) is 56.3 Å². The first-order valence-electron chi connectivity index (χ1n) is 10.3. The third-order valence-electron chi connectivity index (χ3n) is 5.46. The van der Waals surface area contributed by atoms with Crippen LogP contribution in [0.5, 0.6) is 0 Å². The third-order valence-corrected chi connectivity index (χ3v) is 5.46. The number of rotatable bonds is 4. The fourth-order valence-corrected chi connectivity index (χ4v) is 3.82. The highest BCUT2D eigenvalue weighted by atomic mass is 16.2. The monoisotopic (exact) mass is 424 g/mol. The molecule has 0 radical (unpaired) electrons. The van der Waals surface area contributed by atoms with Gasteiger partial charge in [0.1, 0.15) is 5.52 Å². The summed E-state index contributed by atoms with van der Waals surface area (Å²) in [5.74, 6) is -0.377. The van der Waals surface area contributed by atoms with Crippen LogP contribution >= 0.6 is 0 Å². The van der Waals surface area contributed by atoms with Crippen LogP contribution in [0.3, 0.4) is 0 Å². The molecule has 1 amide bonds. The number of aromatic nitrogens is 5. The fraction of sp³-hybridized carbons (Fsp3) is 0.125. The molecule has 0 aliphatic carbocycles. The van der Waals surface area contributed by atoms with Crippen LogP contribution in [0.1, 0.15) is 28.5 Å². The second-order valence-electron chi connectivity index (χ2n) is 7.46. The number of amides is 1. The summed E-state index contributed by atoms with van der Waals surface area (Å²) in [5, 5.41) is 13.2. The zero-order valence-corrected chi connectivity index (χ0v) is 17.6. The van der Waals surface area contributed by atoms with Crippen LogP contribution in [-0.4, -0.2) is 30.4 Å². The number of hydrogen-bond acceptors (Lipinski definition) is 5. The topological polar surface area (TPSA) is 94.2 Å². The maximum Gasteiger partial charge on any atom is 0.299 e. The molecule has 158 valence electrons. The molecule has 8 nitrogen and oxygen atoms in total. The number of carbonyl (C=O) groups excluding carboxylic acids is 1. The van der Waals surface area contributed by atoms with Gasteiger partial charge in [0.2, 0.25) is 0 Å². The van der Waals surface area contributed by atoms with Crippen molar-refractivity contribution in [3.63, 3.8) is 0 Å². The molecule has 8 heteroatoms. The highest BCUT2D eigenvalue weighted by Gasteiger charge is 2.19. The second kappa shape index (κ2) is 7.73. The van der Waals surface area contributed by atoms with E-state index in [1.165, 1.54) is 6.20 Å². The lowest BCUT2D eigenvalue weighted by atomic mass is 10.0. The summed E-state index contributed by atoms with van der Waals surface area (Å²) in [4.78, 5) is 25.7. The van der Waals surface area contributed by atoms with Gasteiger partial charge < -0.3 is 0 Å². The van der Waals surface area contributed by atoms with Gasteiger partial charge in [-0.25, -0.2) is 9.19 Å². The van der Waals surface area contributed by atoms with Crippen molar-refractivity contribution < 1.29 is 4.79 Å². The van der Waals surface area contributed by atoms with Gasteiger partial charge in [-0.3, -0.25) is 15.0 Å². The molecule has 5 aromatic rings. The van der Waals surface area contributed by atoms with Crippen LogP contribution in [0, 0.1) is 6.92 Å². The van der Waals surface area contributed by atoms with Gasteiger partial charge in [-0.15, -0.1) is 10.2 Å². The number of fused-ring (bicyclic) bond motifs is 3. The van der Waals surface area contributed by atoms with Gasteiger partial charge >= 0.3 is 0 Å². The Balaban J connectivity index is 1.63. The van der Waals surface area contributed by atoms with Crippen LogP contribution in [0.15, 0.2) is 71.7 Å². The molecule has 0 unspecified atom stereocenters. The SMILES string of the molecule is CCc1nn2c(nnc3c(=O)n(NC(=O)c4ccccc4C)ccc32)c1-c1ccccc1. The minimum Gasteiger partial charge on any atom is -0.267 e. The molecule has 2 aromatic carbocycles. The quantitative estimate of drug-likeness (QED) is 0.477. The molecule has 32 heavy (non-hydrogen) atoms. The molecule has 5 rings (SSSR count). The lowest BCUT2D eigenvalue weighted by Gasteiger charge is -2.10. The highest BCUT2D eigenvalue weighted by Crippen LogP contribution is 2.28. The predicted octanol–water partition coefficient (Wildman–Crippen LogP) is 3.36. The lowest BCUT2D eigenvalue weighted by molar-refractivity contribution is 0.101. The van der Waals surface area contributed by atoms with E-state index in [9.17, 15) is 9.59 Å². The molecule has 0 spiro atoms.